The summed E-state index contributed by atoms with van der Waals surface area (Å²) in [7, 11) is 1.69. The van der Waals surface area contributed by atoms with Crippen LogP contribution in [0.15, 0.2) is 46.9 Å². The summed E-state index contributed by atoms with van der Waals surface area (Å²) in [5.74, 6) is 1.62. The van der Waals surface area contributed by atoms with Crippen LogP contribution >= 0.6 is 0 Å². The summed E-state index contributed by atoms with van der Waals surface area (Å²) in [6, 6.07) is 6.61. The van der Waals surface area contributed by atoms with E-state index in [0.29, 0.717) is 35.3 Å². The van der Waals surface area contributed by atoms with Crippen molar-refractivity contribution in [2.24, 2.45) is 24.8 Å². The van der Waals surface area contributed by atoms with Gasteiger partial charge in [-0.05, 0) is 67.2 Å². The number of nitrogens with zero attached hydrogens (tertiary/aromatic N) is 1. The first-order valence-electron chi connectivity index (χ1n) is 12.2. The molecular weight excluding hydrogens is 414 g/mol. The van der Waals surface area contributed by atoms with Crippen LogP contribution in [0.1, 0.15) is 72.0 Å². The number of ether oxygens (including phenoxy) is 1. The SMILES string of the molecule is CC[C@H](C)C[C@@H](C)C=C(C)[C@@H]1O[C@H](c2c(O)c(-c3ccc(O)cc3)cn(C)c2=O)CC[C@H]1C. The summed E-state index contributed by atoms with van der Waals surface area (Å²) < 4.78 is 8.03. The van der Waals surface area contributed by atoms with Crippen molar-refractivity contribution in [3.05, 3.63) is 58.0 Å². The maximum Gasteiger partial charge on any atom is 0.259 e. The van der Waals surface area contributed by atoms with E-state index < -0.39 is 6.10 Å². The number of aromatic hydroxyl groups is 2. The van der Waals surface area contributed by atoms with Crippen molar-refractivity contribution < 1.29 is 14.9 Å². The summed E-state index contributed by atoms with van der Waals surface area (Å²) in [6.07, 6.45) is 7.35. The van der Waals surface area contributed by atoms with Gasteiger partial charge in [0.1, 0.15) is 11.5 Å². The lowest BCUT2D eigenvalue weighted by Crippen LogP contribution is -2.34. The van der Waals surface area contributed by atoms with Gasteiger partial charge in [0, 0.05) is 18.8 Å². The number of phenols is 1. The van der Waals surface area contributed by atoms with Crippen molar-refractivity contribution in [1.82, 2.24) is 4.57 Å². The molecule has 1 saturated heterocycles. The van der Waals surface area contributed by atoms with Gasteiger partial charge in [0.15, 0.2) is 0 Å². The van der Waals surface area contributed by atoms with Crippen molar-refractivity contribution in [2.75, 3.05) is 0 Å². The molecule has 1 aromatic carbocycles. The predicted octanol–water partition coefficient (Wildman–Crippen LogP) is 6.34. The number of benzene rings is 1. The Morgan fingerprint density at radius 2 is 1.88 bits per heavy atom. The Hall–Kier alpha value is -2.53. The topological polar surface area (TPSA) is 71.7 Å². The summed E-state index contributed by atoms with van der Waals surface area (Å²) in [4.78, 5) is 13.1. The average Bonchev–Trinajstić information content (AvgIpc) is 2.77. The number of pyridine rings is 1. The van der Waals surface area contributed by atoms with Crippen molar-refractivity contribution in [2.45, 2.75) is 72.5 Å². The highest BCUT2D eigenvalue weighted by Crippen LogP contribution is 2.42. The first-order chi connectivity index (χ1) is 15.6. The molecule has 0 aliphatic carbocycles. The number of aryl methyl sites for hydroxylation is 1. The van der Waals surface area contributed by atoms with E-state index in [0.717, 1.165) is 18.4 Å². The molecule has 33 heavy (non-hydrogen) atoms. The highest BCUT2D eigenvalue weighted by molar-refractivity contribution is 5.71. The van der Waals surface area contributed by atoms with Crippen LogP contribution in [0.2, 0.25) is 0 Å². The van der Waals surface area contributed by atoms with Gasteiger partial charge in [-0.3, -0.25) is 4.79 Å². The van der Waals surface area contributed by atoms with E-state index in [2.05, 4.69) is 40.7 Å². The third kappa shape index (κ3) is 5.70. The molecule has 0 radical (unpaired) electrons. The quantitative estimate of drug-likeness (QED) is 0.480. The molecule has 180 valence electrons. The lowest BCUT2D eigenvalue weighted by atomic mass is 9.85. The number of allylic oxidation sites excluding steroid dienone is 1. The van der Waals surface area contributed by atoms with Gasteiger partial charge in [0.2, 0.25) is 0 Å². The van der Waals surface area contributed by atoms with Crippen LogP contribution in [0.4, 0.5) is 0 Å². The number of rotatable bonds is 7. The van der Waals surface area contributed by atoms with E-state index in [1.54, 1.807) is 37.5 Å². The van der Waals surface area contributed by atoms with Gasteiger partial charge in [-0.1, -0.05) is 52.3 Å². The Labute approximate surface area is 197 Å². The minimum Gasteiger partial charge on any atom is -0.508 e. The molecule has 2 aromatic rings. The zero-order chi connectivity index (χ0) is 24.3. The molecule has 0 unspecified atom stereocenters. The fourth-order valence-electron chi connectivity index (χ4n) is 5.02. The lowest BCUT2D eigenvalue weighted by Gasteiger charge is -2.36. The first kappa shape index (κ1) is 25.1. The highest BCUT2D eigenvalue weighted by Gasteiger charge is 2.34. The van der Waals surface area contributed by atoms with Gasteiger partial charge in [-0.2, -0.15) is 0 Å². The van der Waals surface area contributed by atoms with E-state index in [9.17, 15) is 15.0 Å². The molecular formula is C28H39NO4. The zero-order valence-electron chi connectivity index (χ0n) is 20.8. The molecule has 3 rings (SSSR count). The van der Waals surface area contributed by atoms with Gasteiger partial charge in [0.05, 0.1) is 17.8 Å². The fourth-order valence-corrected chi connectivity index (χ4v) is 5.02. The van der Waals surface area contributed by atoms with Crippen LogP contribution in [-0.4, -0.2) is 20.9 Å². The van der Waals surface area contributed by atoms with Crippen LogP contribution in [0, 0.1) is 17.8 Å². The average molecular weight is 454 g/mol. The highest BCUT2D eigenvalue weighted by atomic mass is 16.5. The Morgan fingerprint density at radius 1 is 1.21 bits per heavy atom. The van der Waals surface area contributed by atoms with Crippen molar-refractivity contribution >= 4 is 0 Å². The van der Waals surface area contributed by atoms with Crippen LogP contribution in [0.25, 0.3) is 11.1 Å². The smallest absolute Gasteiger partial charge is 0.259 e. The van der Waals surface area contributed by atoms with E-state index >= 15 is 0 Å². The molecule has 0 bridgehead atoms. The van der Waals surface area contributed by atoms with E-state index in [4.69, 9.17) is 4.74 Å². The fraction of sp³-hybridized carbons (Fsp3) is 0.536. The molecule has 2 heterocycles. The molecule has 0 saturated carbocycles. The van der Waals surface area contributed by atoms with Crippen LogP contribution in [-0.2, 0) is 11.8 Å². The second-order valence-corrected chi connectivity index (χ2v) is 10.0. The van der Waals surface area contributed by atoms with E-state index in [1.807, 2.05) is 0 Å². The van der Waals surface area contributed by atoms with Gasteiger partial charge in [0.25, 0.3) is 5.56 Å². The zero-order valence-corrected chi connectivity index (χ0v) is 20.8. The second kappa shape index (κ2) is 10.6. The minimum atomic E-state index is -0.463. The van der Waals surface area contributed by atoms with Crippen LogP contribution in [0.3, 0.4) is 0 Å². The molecule has 1 fully saturated rings. The Balaban J connectivity index is 1.93. The molecule has 5 heteroatoms. The maximum atomic E-state index is 13.1. The number of aromatic nitrogens is 1. The van der Waals surface area contributed by atoms with Crippen LogP contribution in [0.5, 0.6) is 11.5 Å². The Bertz CT molecular complexity index is 1040. The third-order valence-corrected chi connectivity index (χ3v) is 7.06. The number of phenolic OH excluding ortho intramolecular Hbond substituents is 1. The summed E-state index contributed by atoms with van der Waals surface area (Å²) in [5.41, 5.74) is 2.58. The van der Waals surface area contributed by atoms with Gasteiger partial charge in [-0.15, -0.1) is 0 Å². The Kier molecular flexibility index (Phi) is 8.06. The molecule has 5 nitrogen and oxygen atoms in total. The summed E-state index contributed by atoms with van der Waals surface area (Å²) in [5, 5.41) is 20.8. The molecule has 0 amide bonds. The molecule has 1 aromatic heterocycles. The molecule has 0 spiro atoms. The standard InChI is InChI=1S/C28H39NO4/c1-7-17(2)14-18(3)15-20(5)27-19(4)8-13-24(33-27)25-26(31)23(16-29(6)28(25)32)21-9-11-22(30)12-10-21/h9-12,15-19,24,27,30-31H,7-8,13-14H2,1-6H3/t17-,18+,19+,24-,27+/m0/s1. The van der Waals surface area contributed by atoms with Crippen molar-refractivity contribution in [3.63, 3.8) is 0 Å². The van der Waals surface area contributed by atoms with Crippen LogP contribution < -0.4 is 5.56 Å². The van der Waals surface area contributed by atoms with Gasteiger partial charge in [-0.25, -0.2) is 0 Å². The normalized spacial score (nSPS) is 23.3. The predicted molar refractivity (Wildman–Crippen MR) is 133 cm³/mol. The molecule has 5 atom stereocenters. The number of hydrogen-bond acceptors (Lipinski definition) is 4. The van der Waals surface area contributed by atoms with Gasteiger partial charge >= 0.3 is 0 Å². The summed E-state index contributed by atoms with van der Waals surface area (Å²) in [6.45, 7) is 11.1. The summed E-state index contributed by atoms with van der Waals surface area (Å²) >= 11 is 0. The van der Waals surface area contributed by atoms with Crippen molar-refractivity contribution in [1.29, 1.82) is 0 Å². The maximum absolute atomic E-state index is 13.1. The molecule has 1 aliphatic heterocycles. The number of hydrogen-bond donors (Lipinski definition) is 2. The monoisotopic (exact) mass is 453 g/mol. The van der Waals surface area contributed by atoms with E-state index in [1.165, 1.54) is 16.6 Å². The lowest BCUT2D eigenvalue weighted by molar-refractivity contribution is -0.0631. The van der Waals surface area contributed by atoms with Gasteiger partial charge < -0.3 is 19.5 Å². The largest absolute Gasteiger partial charge is 0.508 e. The van der Waals surface area contributed by atoms with Crippen molar-refractivity contribution in [3.8, 4) is 22.6 Å². The first-order valence-corrected chi connectivity index (χ1v) is 12.2. The van der Waals surface area contributed by atoms with E-state index in [-0.39, 0.29) is 23.2 Å². The molecule has 1 aliphatic rings. The third-order valence-electron chi connectivity index (χ3n) is 7.06. The molecule has 2 N–H and O–H groups in total. The Morgan fingerprint density at radius 3 is 2.52 bits per heavy atom. The second-order valence-electron chi connectivity index (χ2n) is 10.0. The minimum absolute atomic E-state index is 0.0335.